The van der Waals surface area contributed by atoms with Crippen molar-refractivity contribution < 1.29 is 9.53 Å². The Kier molecular flexibility index (Phi) is 15.1. The van der Waals surface area contributed by atoms with Crippen LogP contribution in [0.2, 0.25) is 0 Å². The van der Waals surface area contributed by atoms with Gasteiger partial charge in [0.25, 0.3) is 0 Å². The van der Waals surface area contributed by atoms with Crippen molar-refractivity contribution >= 4 is 5.91 Å². The molecule has 0 aromatic carbocycles. The van der Waals surface area contributed by atoms with E-state index < -0.39 is 0 Å². The molecule has 0 unspecified atom stereocenters. The minimum Gasteiger partial charge on any atom is -0.378 e. The molecule has 0 aromatic rings. The third-order valence-corrected chi connectivity index (χ3v) is 1.83. The predicted octanol–water partition coefficient (Wildman–Crippen LogP) is 2.70. The first kappa shape index (κ1) is 16.8. The molecule has 0 aromatic heterocycles. The molecule has 1 amide bonds. The number of carbonyl (C=O) groups is 1. The molecule has 1 fully saturated rings. The van der Waals surface area contributed by atoms with Crippen LogP contribution in [-0.2, 0) is 9.53 Å². The third kappa shape index (κ3) is 8.43. The molecule has 0 aliphatic carbocycles. The van der Waals surface area contributed by atoms with Gasteiger partial charge in [-0.15, -0.1) is 0 Å². The Morgan fingerprint density at radius 1 is 1.13 bits per heavy atom. The maximum Gasteiger partial charge on any atom is 0.222 e. The van der Waals surface area contributed by atoms with Crippen molar-refractivity contribution in [1.29, 1.82) is 0 Å². The molecule has 1 heterocycles. The molecule has 0 N–H and O–H groups in total. The van der Waals surface area contributed by atoms with E-state index in [-0.39, 0.29) is 5.91 Å². The maximum atomic E-state index is 11.3. The van der Waals surface area contributed by atoms with Crippen LogP contribution in [0.1, 0.15) is 47.5 Å². The minimum atomic E-state index is 0.274. The lowest BCUT2D eigenvalue weighted by Gasteiger charge is -2.26. The van der Waals surface area contributed by atoms with Crippen molar-refractivity contribution in [3.63, 3.8) is 0 Å². The monoisotopic (exact) mass is 217 g/mol. The summed E-state index contributed by atoms with van der Waals surface area (Å²) in [6.07, 6.45) is 1.62. The fraction of sp³-hybridized carbons (Fsp3) is 0.917. The van der Waals surface area contributed by atoms with Gasteiger partial charge in [0.2, 0.25) is 5.91 Å². The van der Waals surface area contributed by atoms with Crippen LogP contribution in [0.3, 0.4) is 0 Å². The SMILES string of the molecule is CC.CC.CCCC(=O)N1CCOCC1. The van der Waals surface area contributed by atoms with Crippen molar-refractivity contribution in [2.75, 3.05) is 26.3 Å². The zero-order valence-corrected chi connectivity index (χ0v) is 11.0. The highest BCUT2D eigenvalue weighted by molar-refractivity contribution is 5.76. The highest BCUT2D eigenvalue weighted by Gasteiger charge is 2.14. The van der Waals surface area contributed by atoms with Gasteiger partial charge in [0.05, 0.1) is 13.2 Å². The van der Waals surface area contributed by atoms with Crippen molar-refractivity contribution in [2.45, 2.75) is 47.5 Å². The summed E-state index contributed by atoms with van der Waals surface area (Å²) >= 11 is 0. The Balaban J connectivity index is 0. The van der Waals surface area contributed by atoms with Crippen LogP contribution in [-0.4, -0.2) is 37.1 Å². The van der Waals surface area contributed by atoms with Gasteiger partial charge in [-0.3, -0.25) is 4.79 Å². The molecule has 3 heteroatoms. The number of hydrogen-bond donors (Lipinski definition) is 0. The molecular formula is C12H27NO2. The van der Waals surface area contributed by atoms with Gasteiger partial charge in [-0.1, -0.05) is 34.6 Å². The van der Waals surface area contributed by atoms with Gasteiger partial charge in [0.1, 0.15) is 0 Å². The summed E-state index contributed by atoms with van der Waals surface area (Å²) in [6.45, 7) is 13.0. The summed E-state index contributed by atoms with van der Waals surface area (Å²) in [5.41, 5.74) is 0. The van der Waals surface area contributed by atoms with Gasteiger partial charge in [-0.25, -0.2) is 0 Å². The molecule has 0 spiro atoms. The van der Waals surface area contributed by atoms with E-state index in [2.05, 4.69) is 0 Å². The van der Waals surface area contributed by atoms with Crippen LogP contribution in [0.4, 0.5) is 0 Å². The van der Waals surface area contributed by atoms with Crippen LogP contribution in [0, 0.1) is 0 Å². The number of ether oxygens (including phenoxy) is 1. The lowest BCUT2D eigenvalue weighted by molar-refractivity contribution is -0.135. The summed E-state index contributed by atoms with van der Waals surface area (Å²) in [5, 5.41) is 0. The maximum absolute atomic E-state index is 11.3. The van der Waals surface area contributed by atoms with Crippen LogP contribution < -0.4 is 0 Å². The van der Waals surface area contributed by atoms with Gasteiger partial charge >= 0.3 is 0 Å². The van der Waals surface area contributed by atoms with Gasteiger partial charge in [-0.05, 0) is 6.42 Å². The van der Waals surface area contributed by atoms with Crippen LogP contribution in [0.15, 0.2) is 0 Å². The number of morpholine rings is 1. The molecule has 15 heavy (non-hydrogen) atoms. The predicted molar refractivity (Wildman–Crippen MR) is 65.0 cm³/mol. The lowest BCUT2D eigenvalue weighted by atomic mass is 10.3. The molecule has 1 rings (SSSR count). The molecule has 1 aliphatic rings. The Bertz CT molecular complexity index is 132. The molecule has 0 radical (unpaired) electrons. The number of nitrogens with zero attached hydrogens (tertiary/aromatic N) is 1. The van der Waals surface area contributed by atoms with E-state index in [1.54, 1.807) is 0 Å². The van der Waals surface area contributed by atoms with E-state index in [0.717, 1.165) is 19.5 Å². The first-order valence-corrected chi connectivity index (χ1v) is 6.20. The molecule has 92 valence electrons. The van der Waals surface area contributed by atoms with E-state index in [1.807, 2.05) is 39.5 Å². The summed E-state index contributed by atoms with van der Waals surface area (Å²) in [4.78, 5) is 13.2. The summed E-state index contributed by atoms with van der Waals surface area (Å²) in [5.74, 6) is 0.274. The minimum absolute atomic E-state index is 0.274. The summed E-state index contributed by atoms with van der Waals surface area (Å²) in [7, 11) is 0. The van der Waals surface area contributed by atoms with Crippen LogP contribution >= 0.6 is 0 Å². The second-order valence-electron chi connectivity index (χ2n) is 2.74. The first-order chi connectivity index (χ1) is 7.34. The van der Waals surface area contributed by atoms with E-state index in [1.165, 1.54) is 0 Å². The van der Waals surface area contributed by atoms with Crippen molar-refractivity contribution in [3.05, 3.63) is 0 Å². The van der Waals surface area contributed by atoms with Gasteiger partial charge < -0.3 is 9.64 Å². The van der Waals surface area contributed by atoms with Crippen LogP contribution in [0.25, 0.3) is 0 Å². The van der Waals surface area contributed by atoms with E-state index >= 15 is 0 Å². The molecule has 0 atom stereocenters. The third-order valence-electron chi connectivity index (χ3n) is 1.83. The van der Waals surface area contributed by atoms with Gasteiger partial charge in [-0.2, -0.15) is 0 Å². The second-order valence-corrected chi connectivity index (χ2v) is 2.74. The summed E-state index contributed by atoms with van der Waals surface area (Å²) < 4.78 is 5.13. The lowest BCUT2D eigenvalue weighted by Crippen LogP contribution is -2.40. The van der Waals surface area contributed by atoms with E-state index in [9.17, 15) is 4.79 Å². The Labute approximate surface area is 94.8 Å². The van der Waals surface area contributed by atoms with E-state index in [4.69, 9.17) is 4.74 Å². The normalized spacial score (nSPS) is 14.3. The van der Waals surface area contributed by atoms with Crippen LogP contribution in [0.5, 0.6) is 0 Å². The molecule has 0 bridgehead atoms. The fourth-order valence-corrected chi connectivity index (χ4v) is 1.18. The van der Waals surface area contributed by atoms with Crippen molar-refractivity contribution in [2.24, 2.45) is 0 Å². The highest BCUT2D eigenvalue weighted by atomic mass is 16.5. The van der Waals surface area contributed by atoms with E-state index in [0.29, 0.717) is 19.6 Å². The number of hydrogen-bond acceptors (Lipinski definition) is 2. The standard InChI is InChI=1S/C8H15NO2.2C2H6/c1-2-3-8(10)9-4-6-11-7-5-9;2*1-2/h2-7H2,1H3;2*1-2H3. The molecule has 1 saturated heterocycles. The Hall–Kier alpha value is -0.570. The molecular weight excluding hydrogens is 190 g/mol. The van der Waals surface area contributed by atoms with Crippen molar-refractivity contribution in [1.82, 2.24) is 4.90 Å². The second kappa shape index (κ2) is 13.4. The fourth-order valence-electron chi connectivity index (χ4n) is 1.18. The largest absolute Gasteiger partial charge is 0.378 e. The zero-order valence-electron chi connectivity index (χ0n) is 11.0. The Morgan fingerprint density at radius 2 is 1.60 bits per heavy atom. The summed E-state index contributed by atoms with van der Waals surface area (Å²) in [6, 6.07) is 0. The average Bonchev–Trinajstić information content (AvgIpc) is 2.36. The Morgan fingerprint density at radius 3 is 2.00 bits per heavy atom. The van der Waals surface area contributed by atoms with Gasteiger partial charge in [0.15, 0.2) is 0 Å². The quantitative estimate of drug-likeness (QED) is 0.711. The average molecular weight is 217 g/mol. The van der Waals surface area contributed by atoms with Gasteiger partial charge in [0, 0.05) is 19.5 Å². The number of carbonyl (C=O) groups excluding carboxylic acids is 1. The zero-order chi connectivity index (χ0) is 12.1. The number of amides is 1. The number of rotatable bonds is 2. The molecule has 0 saturated carbocycles. The molecule has 3 nitrogen and oxygen atoms in total. The topological polar surface area (TPSA) is 29.5 Å². The highest BCUT2D eigenvalue weighted by Crippen LogP contribution is 2.01. The smallest absolute Gasteiger partial charge is 0.222 e. The molecule has 1 aliphatic heterocycles. The first-order valence-electron chi connectivity index (χ1n) is 6.20. The van der Waals surface area contributed by atoms with Crippen molar-refractivity contribution in [3.8, 4) is 0 Å².